The molecule has 3 aromatic rings. The number of oxime groups is 1. The number of pyridine rings is 1. The van der Waals surface area contributed by atoms with Gasteiger partial charge in [-0.1, -0.05) is 29.4 Å². The number of carbonyl (C=O) groups is 1. The van der Waals surface area contributed by atoms with Crippen molar-refractivity contribution in [1.29, 1.82) is 0 Å². The second kappa shape index (κ2) is 13.6. The predicted molar refractivity (Wildman–Crippen MR) is 139 cm³/mol. The summed E-state index contributed by atoms with van der Waals surface area (Å²) in [4.78, 5) is 23.5. The Morgan fingerprint density at radius 1 is 1.16 bits per heavy atom. The van der Waals surface area contributed by atoms with Crippen molar-refractivity contribution >= 4 is 12.0 Å². The molecule has 0 N–H and O–H groups in total. The Labute approximate surface area is 216 Å². The lowest BCUT2D eigenvalue weighted by molar-refractivity contribution is -0.162. The molecule has 0 bridgehead atoms. The van der Waals surface area contributed by atoms with Gasteiger partial charge in [-0.25, -0.2) is 4.39 Å². The molecule has 1 aromatic heterocycles. The third-order valence-corrected chi connectivity index (χ3v) is 6.01. The van der Waals surface area contributed by atoms with Gasteiger partial charge in [0.15, 0.2) is 0 Å². The molecule has 1 aliphatic rings. The van der Waals surface area contributed by atoms with E-state index in [1.54, 1.807) is 30.5 Å². The Kier molecular flexibility index (Phi) is 9.74. The minimum absolute atomic E-state index is 0.232. The molecule has 0 spiro atoms. The first-order valence-electron chi connectivity index (χ1n) is 12.5. The zero-order valence-corrected chi connectivity index (χ0v) is 21.0. The lowest BCUT2D eigenvalue weighted by atomic mass is 10.0. The fraction of sp³-hybridized carbons (Fsp3) is 0.345. The molecule has 0 amide bonds. The average Bonchev–Trinajstić information content (AvgIpc) is 2.93. The normalized spacial score (nSPS) is 16.0. The summed E-state index contributed by atoms with van der Waals surface area (Å²) in [6, 6.07) is 17.7. The maximum Gasteiger partial charge on any atom is 0.226 e. The van der Waals surface area contributed by atoms with E-state index in [1.807, 2.05) is 31.3 Å². The number of rotatable bonds is 12. The number of benzene rings is 2. The highest BCUT2D eigenvalue weighted by molar-refractivity contribution is 6.00. The number of hydrogen-bond acceptors (Lipinski definition) is 7. The Bertz CT molecular complexity index is 1180. The van der Waals surface area contributed by atoms with Crippen molar-refractivity contribution in [2.75, 3.05) is 26.8 Å². The maximum atomic E-state index is 13.1. The molecule has 2 aromatic carbocycles. The molecule has 1 aliphatic heterocycles. The standard InChI is InChI=1S/C29H32FN3O4/c1-33(20-22-8-10-25(30)11-9-22)14-16-35-26-6-4-5-23(17-26)18-28(27-19-24(21-34)12-13-31-27)32-37-29-7-2-3-15-36-29/h4-6,8-13,17,19,21,29H,2-3,7,14-16,18,20H2,1H3/b32-28+. The number of likely N-dealkylation sites (N-methyl/N-ethyl adjacent to an activating group) is 1. The van der Waals surface area contributed by atoms with E-state index in [0.717, 1.165) is 42.4 Å². The van der Waals surface area contributed by atoms with E-state index < -0.39 is 0 Å². The van der Waals surface area contributed by atoms with Crippen molar-refractivity contribution in [2.24, 2.45) is 5.16 Å². The number of hydrogen-bond donors (Lipinski definition) is 0. The van der Waals surface area contributed by atoms with Crippen molar-refractivity contribution in [1.82, 2.24) is 9.88 Å². The van der Waals surface area contributed by atoms with E-state index >= 15 is 0 Å². The third-order valence-electron chi connectivity index (χ3n) is 6.01. The molecule has 1 atom stereocenters. The van der Waals surface area contributed by atoms with E-state index in [4.69, 9.17) is 14.3 Å². The Hall–Kier alpha value is -3.62. The molecule has 1 fully saturated rings. The van der Waals surface area contributed by atoms with Crippen LogP contribution >= 0.6 is 0 Å². The summed E-state index contributed by atoms with van der Waals surface area (Å²) < 4.78 is 24.8. The van der Waals surface area contributed by atoms with Crippen molar-refractivity contribution in [3.05, 3.63) is 95.1 Å². The first kappa shape index (κ1) is 26.4. The summed E-state index contributed by atoms with van der Waals surface area (Å²) in [6.45, 7) is 2.59. The van der Waals surface area contributed by atoms with Gasteiger partial charge in [-0.05, 0) is 67.4 Å². The minimum atomic E-state index is -0.375. The Balaban J connectivity index is 1.38. The van der Waals surface area contributed by atoms with E-state index in [9.17, 15) is 9.18 Å². The van der Waals surface area contributed by atoms with Gasteiger partial charge in [0, 0.05) is 37.7 Å². The molecule has 7 nitrogen and oxygen atoms in total. The number of nitrogens with zero attached hydrogens (tertiary/aromatic N) is 3. The van der Waals surface area contributed by atoms with Gasteiger partial charge in [0.05, 0.1) is 12.3 Å². The topological polar surface area (TPSA) is 73.2 Å². The molecule has 1 unspecified atom stereocenters. The van der Waals surface area contributed by atoms with E-state index in [2.05, 4.69) is 15.0 Å². The number of ether oxygens (including phenoxy) is 2. The zero-order valence-electron chi connectivity index (χ0n) is 21.0. The van der Waals surface area contributed by atoms with Crippen LogP contribution in [0.3, 0.4) is 0 Å². The number of carbonyl (C=O) groups excluding carboxylic acids is 1. The largest absolute Gasteiger partial charge is 0.492 e. The molecule has 0 radical (unpaired) electrons. The molecule has 0 aliphatic carbocycles. The Morgan fingerprint density at radius 2 is 2.03 bits per heavy atom. The quantitative estimate of drug-likeness (QED) is 0.195. The summed E-state index contributed by atoms with van der Waals surface area (Å²) in [5, 5.41) is 4.39. The molecular formula is C29H32FN3O4. The highest BCUT2D eigenvalue weighted by Gasteiger charge is 2.16. The molecule has 8 heteroatoms. The molecular weight excluding hydrogens is 473 g/mol. The van der Waals surface area contributed by atoms with Gasteiger partial charge in [-0.3, -0.25) is 14.7 Å². The summed E-state index contributed by atoms with van der Waals surface area (Å²) in [5.41, 5.74) is 3.73. The first-order valence-corrected chi connectivity index (χ1v) is 12.5. The fourth-order valence-electron chi connectivity index (χ4n) is 4.00. The van der Waals surface area contributed by atoms with Gasteiger partial charge >= 0.3 is 0 Å². The van der Waals surface area contributed by atoms with Crippen LogP contribution in [-0.4, -0.2) is 55.0 Å². The second-order valence-corrected chi connectivity index (χ2v) is 9.07. The van der Waals surface area contributed by atoms with Crippen molar-refractivity contribution < 1.29 is 23.5 Å². The van der Waals surface area contributed by atoms with Crippen molar-refractivity contribution in [3.63, 3.8) is 0 Å². The van der Waals surface area contributed by atoms with E-state index in [0.29, 0.717) is 49.7 Å². The van der Waals surface area contributed by atoms with Crippen LogP contribution in [0.5, 0.6) is 5.75 Å². The van der Waals surface area contributed by atoms with E-state index in [1.165, 1.54) is 12.1 Å². The number of aldehydes is 1. The lowest BCUT2D eigenvalue weighted by Gasteiger charge is -2.20. The first-order chi connectivity index (χ1) is 18.1. The second-order valence-electron chi connectivity index (χ2n) is 9.07. The SMILES string of the molecule is CN(CCOc1cccc(C/C(=N\OC2CCCCO2)c2cc(C=O)ccn2)c1)Cc1ccc(F)cc1. The zero-order chi connectivity index (χ0) is 25.9. The highest BCUT2D eigenvalue weighted by atomic mass is 19.1. The number of aromatic nitrogens is 1. The highest BCUT2D eigenvalue weighted by Crippen LogP contribution is 2.18. The fourth-order valence-corrected chi connectivity index (χ4v) is 4.00. The molecule has 2 heterocycles. The third kappa shape index (κ3) is 8.48. The van der Waals surface area contributed by atoms with Crippen LogP contribution in [0.1, 0.15) is 46.4 Å². The van der Waals surface area contributed by atoms with Gasteiger partial charge in [0.2, 0.25) is 6.29 Å². The minimum Gasteiger partial charge on any atom is -0.492 e. The van der Waals surface area contributed by atoms with Gasteiger partial charge in [0.25, 0.3) is 0 Å². The summed E-state index contributed by atoms with van der Waals surface area (Å²) in [5.74, 6) is 0.516. The molecule has 4 rings (SSSR count). The molecule has 0 saturated carbocycles. The molecule has 37 heavy (non-hydrogen) atoms. The predicted octanol–water partition coefficient (Wildman–Crippen LogP) is 5.03. The summed E-state index contributed by atoms with van der Waals surface area (Å²) in [7, 11) is 2.00. The average molecular weight is 506 g/mol. The Morgan fingerprint density at radius 3 is 2.81 bits per heavy atom. The van der Waals surface area contributed by atoms with Crippen LogP contribution in [0.15, 0.2) is 72.0 Å². The van der Waals surface area contributed by atoms with Crippen LogP contribution in [0.2, 0.25) is 0 Å². The summed E-state index contributed by atoms with van der Waals surface area (Å²) in [6.07, 6.45) is 5.30. The van der Waals surface area contributed by atoms with Crippen LogP contribution in [0.25, 0.3) is 0 Å². The lowest BCUT2D eigenvalue weighted by Crippen LogP contribution is -2.23. The smallest absolute Gasteiger partial charge is 0.226 e. The maximum absolute atomic E-state index is 13.1. The van der Waals surface area contributed by atoms with Crippen LogP contribution in [0, 0.1) is 5.82 Å². The van der Waals surface area contributed by atoms with Crippen LogP contribution in [0.4, 0.5) is 4.39 Å². The monoisotopic (exact) mass is 505 g/mol. The van der Waals surface area contributed by atoms with Crippen LogP contribution in [-0.2, 0) is 22.5 Å². The van der Waals surface area contributed by atoms with Gasteiger partial charge < -0.3 is 14.3 Å². The van der Waals surface area contributed by atoms with Gasteiger partial charge in [-0.15, -0.1) is 0 Å². The number of halogens is 1. The molecule has 194 valence electrons. The van der Waals surface area contributed by atoms with Gasteiger partial charge in [0.1, 0.15) is 30.2 Å². The van der Waals surface area contributed by atoms with Crippen molar-refractivity contribution in [2.45, 2.75) is 38.5 Å². The van der Waals surface area contributed by atoms with E-state index in [-0.39, 0.29) is 12.1 Å². The van der Waals surface area contributed by atoms with Crippen molar-refractivity contribution in [3.8, 4) is 5.75 Å². The molecule has 1 saturated heterocycles. The summed E-state index contributed by atoms with van der Waals surface area (Å²) >= 11 is 0. The van der Waals surface area contributed by atoms with Crippen LogP contribution < -0.4 is 4.74 Å². The van der Waals surface area contributed by atoms with Gasteiger partial charge in [-0.2, -0.15) is 0 Å².